The van der Waals surface area contributed by atoms with Gasteiger partial charge in [-0.1, -0.05) is 45.0 Å². The third-order valence-electron chi connectivity index (χ3n) is 3.57. The third-order valence-corrected chi connectivity index (χ3v) is 3.57. The molecule has 5 nitrogen and oxygen atoms in total. The molecule has 0 aliphatic rings. The fourth-order valence-corrected chi connectivity index (χ4v) is 2.20. The molecule has 0 heterocycles. The predicted octanol–water partition coefficient (Wildman–Crippen LogP) is 4.54. The smallest absolute Gasteiger partial charge is 0.276 e. The van der Waals surface area contributed by atoms with E-state index >= 15 is 0 Å². The molecule has 0 saturated carbocycles. The van der Waals surface area contributed by atoms with E-state index in [-0.39, 0.29) is 17.0 Å². The standard InChI is InChI=1S/C19H20N2O3/c1-19(2,3)15-9-11-16(12-10-15)20-18(22)13-8-14-6-4-5-7-17(14)21(23)24/h4-13H,1-3H3,(H,20,22)/b13-8+. The van der Waals surface area contributed by atoms with Crippen molar-refractivity contribution in [2.75, 3.05) is 5.32 Å². The summed E-state index contributed by atoms with van der Waals surface area (Å²) in [6, 6.07) is 13.9. The molecule has 0 radical (unpaired) electrons. The van der Waals surface area contributed by atoms with Gasteiger partial charge in [-0.25, -0.2) is 0 Å². The van der Waals surface area contributed by atoms with E-state index in [1.54, 1.807) is 18.2 Å². The molecule has 2 aromatic rings. The van der Waals surface area contributed by atoms with Crippen LogP contribution in [0.1, 0.15) is 31.9 Å². The van der Waals surface area contributed by atoms with Gasteiger partial charge in [0, 0.05) is 17.8 Å². The molecule has 124 valence electrons. The minimum Gasteiger partial charge on any atom is -0.323 e. The normalized spacial score (nSPS) is 11.5. The van der Waals surface area contributed by atoms with Crippen LogP contribution in [0.15, 0.2) is 54.6 Å². The van der Waals surface area contributed by atoms with Gasteiger partial charge in [0.15, 0.2) is 0 Å². The van der Waals surface area contributed by atoms with Gasteiger partial charge in [0.2, 0.25) is 5.91 Å². The summed E-state index contributed by atoms with van der Waals surface area (Å²) < 4.78 is 0. The first kappa shape index (κ1) is 17.4. The second-order valence-corrected chi connectivity index (χ2v) is 6.47. The highest BCUT2D eigenvalue weighted by molar-refractivity contribution is 6.02. The molecule has 1 amide bonds. The summed E-state index contributed by atoms with van der Waals surface area (Å²) in [4.78, 5) is 22.5. The molecular weight excluding hydrogens is 304 g/mol. The Labute approximate surface area is 141 Å². The van der Waals surface area contributed by atoms with Gasteiger partial charge >= 0.3 is 0 Å². The van der Waals surface area contributed by atoms with Crippen molar-refractivity contribution >= 4 is 23.4 Å². The molecule has 1 N–H and O–H groups in total. The van der Waals surface area contributed by atoms with Crippen molar-refractivity contribution in [3.63, 3.8) is 0 Å². The molecule has 0 unspecified atom stereocenters. The zero-order chi connectivity index (χ0) is 17.7. The van der Waals surface area contributed by atoms with Crippen molar-refractivity contribution in [3.05, 3.63) is 75.8 Å². The monoisotopic (exact) mass is 324 g/mol. The van der Waals surface area contributed by atoms with Gasteiger partial charge in [-0.15, -0.1) is 0 Å². The van der Waals surface area contributed by atoms with Crippen LogP contribution in [0.5, 0.6) is 0 Å². The Morgan fingerprint density at radius 3 is 2.29 bits per heavy atom. The number of hydrogen-bond acceptors (Lipinski definition) is 3. The molecule has 0 bridgehead atoms. The van der Waals surface area contributed by atoms with Crippen molar-refractivity contribution in [1.29, 1.82) is 0 Å². The van der Waals surface area contributed by atoms with E-state index in [0.29, 0.717) is 11.3 Å². The van der Waals surface area contributed by atoms with Gasteiger partial charge in [-0.2, -0.15) is 0 Å². The fourth-order valence-electron chi connectivity index (χ4n) is 2.20. The Bertz CT molecular complexity index is 772. The van der Waals surface area contributed by atoms with Crippen LogP contribution in [0.2, 0.25) is 0 Å². The lowest BCUT2D eigenvalue weighted by atomic mass is 9.87. The summed E-state index contributed by atoms with van der Waals surface area (Å²) in [6.45, 7) is 6.36. The van der Waals surface area contributed by atoms with Gasteiger partial charge < -0.3 is 5.32 Å². The van der Waals surface area contributed by atoms with Crippen LogP contribution in [0.25, 0.3) is 6.08 Å². The van der Waals surface area contributed by atoms with E-state index in [9.17, 15) is 14.9 Å². The summed E-state index contributed by atoms with van der Waals surface area (Å²) in [5.74, 6) is -0.336. The molecule has 0 atom stereocenters. The molecule has 0 aromatic heterocycles. The predicted molar refractivity (Wildman–Crippen MR) is 95.9 cm³/mol. The van der Waals surface area contributed by atoms with Gasteiger partial charge in [0.25, 0.3) is 5.69 Å². The molecule has 0 saturated heterocycles. The zero-order valence-electron chi connectivity index (χ0n) is 13.9. The van der Waals surface area contributed by atoms with Crippen LogP contribution in [0.4, 0.5) is 11.4 Å². The van der Waals surface area contributed by atoms with Crippen molar-refractivity contribution < 1.29 is 9.72 Å². The van der Waals surface area contributed by atoms with Gasteiger partial charge in [-0.05, 0) is 35.3 Å². The molecule has 0 aliphatic carbocycles. The minimum absolute atomic E-state index is 0.0314. The number of nitro groups is 1. The number of para-hydroxylation sites is 1. The van der Waals surface area contributed by atoms with Gasteiger partial charge in [0.1, 0.15) is 0 Å². The molecule has 0 aliphatic heterocycles. The third kappa shape index (κ3) is 4.52. The van der Waals surface area contributed by atoms with E-state index < -0.39 is 4.92 Å². The van der Waals surface area contributed by atoms with E-state index in [1.165, 1.54) is 23.8 Å². The van der Waals surface area contributed by atoms with Crippen molar-refractivity contribution in [2.24, 2.45) is 0 Å². The number of nitrogens with one attached hydrogen (secondary N) is 1. The minimum atomic E-state index is -0.469. The van der Waals surface area contributed by atoms with Gasteiger partial charge in [-0.3, -0.25) is 14.9 Å². The molecular formula is C19H20N2O3. The number of anilines is 1. The van der Waals surface area contributed by atoms with Crippen LogP contribution in [0.3, 0.4) is 0 Å². The number of nitrogens with zero attached hydrogens (tertiary/aromatic N) is 1. The lowest BCUT2D eigenvalue weighted by Gasteiger charge is -2.19. The SMILES string of the molecule is CC(C)(C)c1ccc(NC(=O)/C=C/c2ccccc2[N+](=O)[O-])cc1. The number of nitro benzene ring substituents is 1. The first-order valence-electron chi connectivity index (χ1n) is 7.60. The van der Waals surface area contributed by atoms with Crippen LogP contribution >= 0.6 is 0 Å². The Kier molecular flexibility index (Phi) is 5.14. The molecule has 5 heteroatoms. The van der Waals surface area contributed by atoms with E-state index in [2.05, 4.69) is 26.1 Å². The van der Waals surface area contributed by atoms with Crippen molar-refractivity contribution in [2.45, 2.75) is 26.2 Å². The number of amides is 1. The first-order valence-corrected chi connectivity index (χ1v) is 7.60. The Balaban J connectivity index is 2.07. The number of benzene rings is 2. The summed E-state index contributed by atoms with van der Waals surface area (Å²) >= 11 is 0. The lowest BCUT2D eigenvalue weighted by Crippen LogP contribution is -2.12. The summed E-state index contributed by atoms with van der Waals surface area (Å²) in [7, 11) is 0. The summed E-state index contributed by atoms with van der Waals surface area (Å²) in [5.41, 5.74) is 2.27. The molecule has 0 spiro atoms. The maximum atomic E-state index is 12.0. The Morgan fingerprint density at radius 1 is 1.08 bits per heavy atom. The lowest BCUT2D eigenvalue weighted by molar-refractivity contribution is -0.385. The van der Waals surface area contributed by atoms with Crippen LogP contribution < -0.4 is 5.32 Å². The Hall–Kier alpha value is -2.95. The highest BCUT2D eigenvalue weighted by atomic mass is 16.6. The van der Waals surface area contributed by atoms with Crippen molar-refractivity contribution in [3.8, 4) is 0 Å². The second-order valence-electron chi connectivity index (χ2n) is 6.47. The van der Waals surface area contributed by atoms with E-state index in [1.807, 2.05) is 24.3 Å². The summed E-state index contributed by atoms with van der Waals surface area (Å²) in [6.07, 6.45) is 2.73. The highest BCUT2D eigenvalue weighted by Crippen LogP contribution is 2.23. The number of carbonyl (C=O) groups is 1. The van der Waals surface area contributed by atoms with Crippen LogP contribution in [0, 0.1) is 10.1 Å². The van der Waals surface area contributed by atoms with Crippen molar-refractivity contribution in [1.82, 2.24) is 0 Å². The number of hydrogen-bond donors (Lipinski definition) is 1. The maximum Gasteiger partial charge on any atom is 0.276 e. The molecule has 0 fully saturated rings. The van der Waals surface area contributed by atoms with Gasteiger partial charge in [0.05, 0.1) is 10.5 Å². The zero-order valence-corrected chi connectivity index (χ0v) is 13.9. The maximum absolute atomic E-state index is 12.0. The first-order chi connectivity index (χ1) is 11.3. The fraction of sp³-hybridized carbons (Fsp3) is 0.211. The summed E-state index contributed by atoms with van der Waals surface area (Å²) in [5, 5.41) is 13.7. The van der Waals surface area contributed by atoms with Crippen LogP contribution in [-0.2, 0) is 10.2 Å². The van der Waals surface area contributed by atoms with E-state index in [0.717, 1.165) is 0 Å². The largest absolute Gasteiger partial charge is 0.323 e. The topological polar surface area (TPSA) is 72.2 Å². The highest BCUT2D eigenvalue weighted by Gasteiger charge is 2.13. The molecule has 24 heavy (non-hydrogen) atoms. The molecule has 2 rings (SSSR count). The van der Waals surface area contributed by atoms with Crippen LogP contribution in [-0.4, -0.2) is 10.8 Å². The quantitative estimate of drug-likeness (QED) is 0.509. The second kappa shape index (κ2) is 7.08. The van der Waals surface area contributed by atoms with E-state index in [4.69, 9.17) is 0 Å². The average Bonchev–Trinajstić information content (AvgIpc) is 2.53. The number of carbonyl (C=O) groups excluding carboxylic acids is 1. The average molecular weight is 324 g/mol. The molecule has 2 aromatic carbocycles. The Morgan fingerprint density at radius 2 is 1.71 bits per heavy atom. The number of rotatable bonds is 4.